The average molecular weight is 175 g/mol. The van der Waals surface area contributed by atoms with Crippen molar-refractivity contribution in [2.45, 2.75) is 31.6 Å². The van der Waals surface area contributed by atoms with E-state index in [1.54, 1.807) is 0 Å². The first-order valence-corrected chi connectivity index (χ1v) is 5.62. The van der Waals surface area contributed by atoms with Gasteiger partial charge in [-0.3, -0.25) is 4.21 Å². The van der Waals surface area contributed by atoms with Gasteiger partial charge in [-0.1, -0.05) is 6.92 Å². The Morgan fingerprint density at radius 1 is 1.64 bits per heavy atom. The summed E-state index contributed by atoms with van der Waals surface area (Å²) in [6.45, 7) is 5.26. The highest BCUT2D eigenvalue weighted by atomic mass is 32.2. The van der Waals surface area contributed by atoms with E-state index in [2.05, 4.69) is 25.8 Å². The Morgan fingerprint density at radius 3 is 2.73 bits per heavy atom. The van der Waals surface area contributed by atoms with Crippen molar-refractivity contribution in [2.24, 2.45) is 0 Å². The average Bonchev–Trinajstić information content (AvgIpc) is 1.99. The van der Waals surface area contributed by atoms with Crippen LogP contribution in [0.15, 0.2) is 0 Å². The summed E-state index contributed by atoms with van der Waals surface area (Å²) in [4.78, 5) is 2.33. The fourth-order valence-corrected chi connectivity index (χ4v) is 3.35. The van der Waals surface area contributed by atoms with Crippen LogP contribution in [-0.4, -0.2) is 39.7 Å². The van der Waals surface area contributed by atoms with Crippen LogP contribution >= 0.6 is 0 Å². The molecule has 11 heavy (non-hydrogen) atoms. The lowest BCUT2D eigenvalue weighted by molar-refractivity contribution is 0.235. The number of rotatable bonds is 1. The van der Waals surface area contributed by atoms with Crippen molar-refractivity contribution in [3.8, 4) is 0 Å². The minimum atomic E-state index is -0.577. The molecule has 1 saturated heterocycles. The van der Waals surface area contributed by atoms with Gasteiger partial charge in [-0.2, -0.15) is 0 Å². The van der Waals surface area contributed by atoms with Crippen LogP contribution in [0, 0.1) is 0 Å². The Kier molecular flexibility index (Phi) is 3.07. The molecule has 3 atom stereocenters. The summed E-state index contributed by atoms with van der Waals surface area (Å²) in [7, 11) is 1.55. The summed E-state index contributed by atoms with van der Waals surface area (Å²) >= 11 is 0. The van der Waals surface area contributed by atoms with Gasteiger partial charge in [-0.05, 0) is 20.4 Å². The zero-order chi connectivity index (χ0) is 8.43. The highest BCUT2D eigenvalue weighted by Gasteiger charge is 2.29. The first-order chi connectivity index (χ1) is 5.16. The summed E-state index contributed by atoms with van der Waals surface area (Å²) in [5.41, 5.74) is 0. The second-order valence-corrected chi connectivity index (χ2v) is 5.16. The van der Waals surface area contributed by atoms with Crippen LogP contribution in [0.2, 0.25) is 0 Å². The van der Waals surface area contributed by atoms with Crippen LogP contribution in [0.5, 0.6) is 0 Å². The molecule has 0 bridgehead atoms. The Morgan fingerprint density at radius 2 is 2.27 bits per heavy atom. The Labute approximate surface area is 71.4 Å². The highest BCUT2D eigenvalue weighted by molar-refractivity contribution is 7.85. The van der Waals surface area contributed by atoms with E-state index in [0.717, 1.165) is 18.7 Å². The van der Waals surface area contributed by atoms with Crippen molar-refractivity contribution < 1.29 is 4.21 Å². The lowest BCUT2D eigenvalue weighted by Crippen LogP contribution is -2.48. The molecule has 0 spiro atoms. The van der Waals surface area contributed by atoms with Crippen LogP contribution < -0.4 is 0 Å². The molecule has 3 unspecified atom stereocenters. The second kappa shape index (κ2) is 3.68. The molecular weight excluding hydrogens is 158 g/mol. The predicted molar refractivity (Wildman–Crippen MR) is 49.2 cm³/mol. The van der Waals surface area contributed by atoms with Gasteiger partial charge in [0.1, 0.15) is 0 Å². The minimum absolute atomic E-state index is 0.360. The standard InChI is InChI=1S/C8H17NOS/c1-4-8-7(2)11(10)6-5-9(8)3/h7-8H,4-6H2,1-3H3. The molecule has 0 aliphatic carbocycles. The normalized spacial score (nSPS) is 40.8. The van der Waals surface area contributed by atoms with E-state index in [-0.39, 0.29) is 0 Å². The van der Waals surface area contributed by atoms with E-state index >= 15 is 0 Å². The molecule has 2 nitrogen and oxygen atoms in total. The molecule has 0 aromatic heterocycles. The smallest absolute Gasteiger partial charge is 0.0475 e. The fourth-order valence-electron chi connectivity index (χ4n) is 1.76. The minimum Gasteiger partial charge on any atom is -0.301 e. The van der Waals surface area contributed by atoms with Gasteiger partial charge in [-0.15, -0.1) is 0 Å². The lowest BCUT2D eigenvalue weighted by Gasteiger charge is -2.36. The van der Waals surface area contributed by atoms with Gasteiger partial charge < -0.3 is 4.90 Å². The molecule has 0 radical (unpaired) electrons. The van der Waals surface area contributed by atoms with Gasteiger partial charge in [0.05, 0.1) is 0 Å². The third kappa shape index (κ3) is 1.82. The molecule has 1 aliphatic heterocycles. The van der Waals surface area contributed by atoms with Crippen molar-refractivity contribution >= 4 is 10.8 Å². The third-order valence-electron chi connectivity index (χ3n) is 2.59. The second-order valence-electron chi connectivity index (χ2n) is 3.25. The molecule has 1 rings (SSSR count). The summed E-state index contributed by atoms with van der Waals surface area (Å²) in [6.07, 6.45) is 1.11. The number of hydrogen-bond acceptors (Lipinski definition) is 2. The van der Waals surface area contributed by atoms with Gasteiger partial charge in [-0.25, -0.2) is 0 Å². The van der Waals surface area contributed by atoms with Crippen molar-refractivity contribution in [3.63, 3.8) is 0 Å². The fraction of sp³-hybridized carbons (Fsp3) is 1.00. The van der Waals surface area contributed by atoms with Crippen molar-refractivity contribution in [2.75, 3.05) is 19.3 Å². The zero-order valence-electron chi connectivity index (χ0n) is 7.54. The quantitative estimate of drug-likeness (QED) is 0.589. The highest BCUT2D eigenvalue weighted by Crippen LogP contribution is 2.17. The topological polar surface area (TPSA) is 20.3 Å². The molecular formula is C8H17NOS. The molecule has 0 amide bonds. The summed E-state index contributed by atoms with van der Waals surface area (Å²) < 4.78 is 11.4. The van der Waals surface area contributed by atoms with Gasteiger partial charge in [0.2, 0.25) is 0 Å². The lowest BCUT2D eigenvalue weighted by atomic mass is 10.1. The van der Waals surface area contributed by atoms with Crippen LogP contribution in [-0.2, 0) is 10.8 Å². The number of nitrogens with zero attached hydrogens (tertiary/aromatic N) is 1. The molecule has 1 heterocycles. The van der Waals surface area contributed by atoms with E-state index < -0.39 is 10.8 Å². The molecule has 0 N–H and O–H groups in total. The molecule has 3 heteroatoms. The number of hydrogen-bond donors (Lipinski definition) is 0. The summed E-state index contributed by atoms with van der Waals surface area (Å²) in [5, 5.41) is 0.360. The third-order valence-corrected chi connectivity index (χ3v) is 4.31. The Hall–Kier alpha value is 0.110. The molecule has 0 aromatic carbocycles. The maximum atomic E-state index is 11.4. The Balaban J connectivity index is 2.63. The first kappa shape index (κ1) is 9.20. The van der Waals surface area contributed by atoms with Crippen molar-refractivity contribution in [1.82, 2.24) is 4.90 Å². The van der Waals surface area contributed by atoms with Gasteiger partial charge >= 0.3 is 0 Å². The van der Waals surface area contributed by atoms with Crippen LogP contribution in [0.3, 0.4) is 0 Å². The predicted octanol–water partition coefficient (Wildman–Crippen LogP) is 0.848. The van der Waals surface area contributed by atoms with Crippen LogP contribution in [0.4, 0.5) is 0 Å². The Bertz CT molecular complexity index is 160. The van der Waals surface area contributed by atoms with Crippen molar-refractivity contribution in [1.29, 1.82) is 0 Å². The largest absolute Gasteiger partial charge is 0.301 e. The molecule has 0 saturated carbocycles. The summed E-state index contributed by atoms with van der Waals surface area (Å²) in [6, 6.07) is 0.532. The van der Waals surface area contributed by atoms with Gasteiger partial charge in [0.25, 0.3) is 0 Å². The zero-order valence-corrected chi connectivity index (χ0v) is 8.36. The van der Waals surface area contributed by atoms with E-state index in [0.29, 0.717) is 11.3 Å². The molecule has 1 fully saturated rings. The SMILES string of the molecule is CCC1C(C)S(=O)CCN1C. The van der Waals surface area contributed by atoms with Crippen LogP contribution in [0.25, 0.3) is 0 Å². The molecule has 0 aromatic rings. The van der Waals surface area contributed by atoms with Gasteiger partial charge in [0, 0.05) is 34.4 Å². The van der Waals surface area contributed by atoms with Crippen LogP contribution in [0.1, 0.15) is 20.3 Å². The van der Waals surface area contributed by atoms with E-state index in [1.165, 1.54) is 0 Å². The van der Waals surface area contributed by atoms with Crippen molar-refractivity contribution in [3.05, 3.63) is 0 Å². The molecule has 1 aliphatic rings. The first-order valence-electron chi connectivity index (χ1n) is 4.24. The monoisotopic (exact) mass is 175 g/mol. The maximum Gasteiger partial charge on any atom is 0.0475 e. The van der Waals surface area contributed by atoms with E-state index in [9.17, 15) is 4.21 Å². The van der Waals surface area contributed by atoms with E-state index in [4.69, 9.17) is 0 Å². The van der Waals surface area contributed by atoms with Gasteiger partial charge in [0.15, 0.2) is 0 Å². The molecule has 66 valence electrons. The van der Waals surface area contributed by atoms with E-state index in [1.807, 2.05) is 0 Å². The summed E-state index contributed by atoms with van der Waals surface area (Å²) in [5.74, 6) is 0.855. The maximum absolute atomic E-state index is 11.4.